The Bertz CT molecular complexity index is 267. The molecule has 0 saturated heterocycles. The van der Waals surface area contributed by atoms with E-state index in [-0.39, 0.29) is 18.9 Å². The minimum atomic E-state index is -3.15. The number of carbonyl (C=O) groups excluding carboxylic acids is 2. The zero-order valence-electron chi connectivity index (χ0n) is 10.6. The molecule has 0 aromatic rings. The molecule has 0 heterocycles. The van der Waals surface area contributed by atoms with Crippen LogP contribution in [0.25, 0.3) is 0 Å². The van der Waals surface area contributed by atoms with Gasteiger partial charge in [0, 0.05) is 11.5 Å². The summed E-state index contributed by atoms with van der Waals surface area (Å²) in [5.74, 6) is 0.909. The molecule has 0 radical (unpaired) electrons. The fourth-order valence-electron chi connectivity index (χ4n) is 1.04. The Labute approximate surface area is 116 Å². The van der Waals surface area contributed by atoms with E-state index in [0.29, 0.717) is 17.9 Å². The smallest absolute Gasteiger partial charge is 0.308 e. The van der Waals surface area contributed by atoms with Crippen molar-refractivity contribution in [3.63, 3.8) is 0 Å². The van der Waals surface area contributed by atoms with E-state index in [1.807, 2.05) is 6.92 Å². The second kappa shape index (κ2) is 11.1. The molecular formula is C10H19O5PS2. The molecule has 0 fully saturated rings. The van der Waals surface area contributed by atoms with Crippen LogP contribution in [0.4, 0.5) is 0 Å². The van der Waals surface area contributed by atoms with Gasteiger partial charge in [-0.25, -0.2) is 0 Å². The summed E-state index contributed by atoms with van der Waals surface area (Å²) in [6.45, 7) is 4.14. The lowest BCUT2D eigenvalue weighted by atomic mass is 10.4. The summed E-state index contributed by atoms with van der Waals surface area (Å²) in [6.07, 6.45) is 0.679. The van der Waals surface area contributed by atoms with Gasteiger partial charge >= 0.3 is 7.60 Å². The highest BCUT2D eigenvalue weighted by atomic mass is 32.2. The molecule has 0 amide bonds. The van der Waals surface area contributed by atoms with E-state index in [1.54, 1.807) is 6.92 Å². The lowest BCUT2D eigenvalue weighted by Gasteiger charge is -2.23. The van der Waals surface area contributed by atoms with Gasteiger partial charge in [-0.3, -0.25) is 14.2 Å². The molecule has 0 bridgehead atoms. The number of hydrogen-bond donors (Lipinski definition) is 0. The molecular weight excluding hydrogens is 295 g/mol. The van der Waals surface area contributed by atoms with Crippen LogP contribution in [0.15, 0.2) is 0 Å². The lowest BCUT2D eigenvalue weighted by molar-refractivity contribution is 0.215. The van der Waals surface area contributed by atoms with Crippen molar-refractivity contribution in [1.29, 1.82) is 0 Å². The van der Waals surface area contributed by atoms with Crippen molar-refractivity contribution >= 4 is 42.4 Å². The Morgan fingerprint density at radius 1 is 1.11 bits per heavy atom. The van der Waals surface area contributed by atoms with Gasteiger partial charge in [-0.1, -0.05) is 37.4 Å². The van der Waals surface area contributed by atoms with Gasteiger partial charge < -0.3 is 9.05 Å². The summed E-state index contributed by atoms with van der Waals surface area (Å²) in [5, 5.41) is 0. The highest BCUT2D eigenvalue weighted by molar-refractivity contribution is 8.12. The summed E-state index contributed by atoms with van der Waals surface area (Å²) in [7, 11) is -3.15. The van der Waals surface area contributed by atoms with Crippen molar-refractivity contribution in [1.82, 2.24) is 0 Å². The van der Waals surface area contributed by atoms with Crippen LogP contribution in [0, 0.1) is 0 Å². The van der Waals surface area contributed by atoms with Gasteiger partial charge in [0.05, 0.1) is 18.9 Å². The highest BCUT2D eigenvalue weighted by Gasteiger charge is 2.31. The van der Waals surface area contributed by atoms with Crippen LogP contribution in [-0.4, -0.2) is 41.6 Å². The van der Waals surface area contributed by atoms with E-state index in [4.69, 9.17) is 9.05 Å². The Kier molecular flexibility index (Phi) is 11.2. The van der Waals surface area contributed by atoms with Gasteiger partial charge in [-0.2, -0.15) is 0 Å². The minimum Gasteiger partial charge on any atom is -0.308 e. The van der Waals surface area contributed by atoms with E-state index in [0.717, 1.165) is 34.8 Å². The van der Waals surface area contributed by atoms with Gasteiger partial charge in [0.25, 0.3) is 0 Å². The number of hydrogen-bond acceptors (Lipinski definition) is 7. The summed E-state index contributed by atoms with van der Waals surface area (Å²) in [4.78, 5) is 20.3. The van der Waals surface area contributed by atoms with E-state index in [1.165, 1.54) is 0 Å². The Balaban J connectivity index is 4.20. The second-order valence-corrected chi connectivity index (χ2v) is 7.74. The molecule has 0 spiro atoms. The minimum absolute atomic E-state index is 0.194. The van der Waals surface area contributed by atoms with Crippen LogP contribution in [0.3, 0.4) is 0 Å². The normalized spacial score (nSPS) is 13.2. The molecule has 0 aliphatic heterocycles. The summed E-state index contributed by atoms with van der Waals surface area (Å²) in [6, 6.07) is 0. The number of carbonyl (C=O) groups is 2. The Morgan fingerprint density at radius 3 is 1.89 bits per heavy atom. The highest BCUT2D eigenvalue weighted by Crippen LogP contribution is 2.54. The second-order valence-electron chi connectivity index (χ2n) is 3.40. The molecule has 5 nitrogen and oxygen atoms in total. The number of thioether (sulfide) groups is 2. The maximum Gasteiger partial charge on any atom is 0.333 e. The third kappa shape index (κ3) is 7.59. The lowest BCUT2D eigenvalue weighted by Crippen LogP contribution is -2.11. The first-order chi connectivity index (χ1) is 8.60. The molecule has 1 unspecified atom stereocenters. The molecule has 0 aromatic heterocycles. The Morgan fingerprint density at radius 2 is 1.56 bits per heavy atom. The van der Waals surface area contributed by atoms with E-state index in [9.17, 15) is 14.2 Å². The molecule has 0 aliphatic rings. The molecule has 0 aliphatic carbocycles. The quantitative estimate of drug-likeness (QED) is 0.311. The third-order valence-corrected chi connectivity index (χ3v) is 5.82. The van der Waals surface area contributed by atoms with Gasteiger partial charge in [-0.05, 0) is 6.42 Å². The zero-order valence-corrected chi connectivity index (χ0v) is 13.1. The molecule has 1 atom stereocenters. The fraction of sp³-hybridized carbons (Fsp3) is 0.800. The van der Waals surface area contributed by atoms with Crippen molar-refractivity contribution in [2.24, 2.45) is 0 Å². The van der Waals surface area contributed by atoms with Crippen LogP contribution >= 0.6 is 31.1 Å². The summed E-state index contributed by atoms with van der Waals surface area (Å²) in [5.41, 5.74) is 1.25. The van der Waals surface area contributed by atoms with Gasteiger partial charge in [0.15, 0.2) is 11.2 Å². The van der Waals surface area contributed by atoms with Crippen molar-refractivity contribution < 1.29 is 23.2 Å². The van der Waals surface area contributed by atoms with Crippen LogP contribution in [0.5, 0.6) is 0 Å². The molecule has 106 valence electrons. The first-order valence-electron chi connectivity index (χ1n) is 5.60. The van der Waals surface area contributed by atoms with Crippen molar-refractivity contribution in [2.75, 3.05) is 24.7 Å². The molecule has 18 heavy (non-hydrogen) atoms. The predicted octanol–water partition coefficient (Wildman–Crippen LogP) is 2.86. The van der Waals surface area contributed by atoms with Crippen LogP contribution in [0.2, 0.25) is 0 Å². The Hall–Kier alpha value is 0.190. The third-order valence-electron chi connectivity index (χ3n) is 2.21. The number of rotatable bonds is 12. The average Bonchev–Trinajstić information content (AvgIpc) is 2.39. The maximum absolute atomic E-state index is 12.4. The standard InChI is InChI=1S/C10H19O5PS2/c1-3-10(2)16(13,14-4-6-17-8-11)15-5-7-18-9-12/h8-10H,3-7H2,1-2H3. The van der Waals surface area contributed by atoms with E-state index in [2.05, 4.69) is 0 Å². The zero-order chi connectivity index (χ0) is 13.9. The molecule has 0 rings (SSSR count). The molecule has 0 N–H and O–H groups in total. The van der Waals surface area contributed by atoms with Gasteiger partial charge in [-0.15, -0.1) is 0 Å². The topological polar surface area (TPSA) is 69.7 Å². The monoisotopic (exact) mass is 314 g/mol. The van der Waals surface area contributed by atoms with Crippen LogP contribution in [0.1, 0.15) is 20.3 Å². The molecule has 0 saturated carbocycles. The van der Waals surface area contributed by atoms with E-state index < -0.39 is 7.60 Å². The van der Waals surface area contributed by atoms with Crippen molar-refractivity contribution in [3.8, 4) is 0 Å². The summed E-state index contributed by atoms with van der Waals surface area (Å²) < 4.78 is 23.1. The van der Waals surface area contributed by atoms with E-state index >= 15 is 0 Å². The SMILES string of the molecule is CCC(C)P(=O)(OCCSC=O)OCCSC=O. The first-order valence-corrected chi connectivity index (χ1v) is 9.31. The predicted molar refractivity (Wildman–Crippen MR) is 77.7 cm³/mol. The fourth-order valence-corrected chi connectivity index (χ4v) is 3.56. The first kappa shape index (κ1) is 18.2. The van der Waals surface area contributed by atoms with Gasteiger partial charge in [0.1, 0.15) is 0 Å². The summed E-state index contributed by atoms with van der Waals surface area (Å²) >= 11 is 2.13. The molecule has 0 aromatic carbocycles. The largest absolute Gasteiger partial charge is 0.333 e. The van der Waals surface area contributed by atoms with Crippen LogP contribution in [-0.2, 0) is 23.2 Å². The van der Waals surface area contributed by atoms with Crippen molar-refractivity contribution in [3.05, 3.63) is 0 Å². The van der Waals surface area contributed by atoms with Gasteiger partial charge in [0.2, 0.25) is 0 Å². The molecule has 8 heteroatoms. The maximum atomic E-state index is 12.4. The van der Waals surface area contributed by atoms with Crippen LogP contribution < -0.4 is 0 Å². The van der Waals surface area contributed by atoms with Crippen molar-refractivity contribution in [2.45, 2.75) is 25.9 Å². The average molecular weight is 314 g/mol.